The fourth-order valence-electron chi connectivity index (χ4n) is 3.82. The Morgan fingerprint density at radius 1 is 1.03 bits per heavy atom. The first-order chi connectivity index (χ1) is 17.6. The molecule has 3 aromatic carbocycles. The highest BCUT2D eigenvalue weighted by Crippen LogP contribution is 2.24. The Kier molecular flexibility index (Phi) is 6.32. The van der Waals surface area contributed by atoms with Crippen LogP contribution in [-0.4, -0.2) is 40.8 Å². The molecule has 0 unspecified atom stereocenters. The van der Waals surface area contributed by atoms with E-state index in [2.05, 4.69) is 16.4 Å². The first kappa shape index (κ1) is 22.7. The number of fused-ring (bicyclic) bond motifs is 1. The van der Waals surface area contributed by atoms with Crippen molar-refractivity contribution in [2.24, 2.45) is 4.99 Å². The molecule has 0 aromatic heterocycles. The molecule has 3 aromatic rings. The number of benzene rings is 3. The second-order valence-electron chi connectivity index (χ2n) is 8.08. The molecule has 0 spiro atoms. The van der Waals surface area contributed by atoms with Crippen LogP contribution in [0.2, 0.25) is 0 Å². The average Bonchev–Trinajstić information content (AvgIpc) is 3.23. The molecule has 0 saturated heterocycles. The molecule has 3 amide bonds. The Morgan fingerprint density at radius 3 is 2.58 bits per heavy atom. The van der Waals surface area contributed by atoms with Gasteiger partial charge < -0.3 is 19.7 Å². The molecule has 9 nitrogen and oxygen atoms in total. The largest absolute Gasteiger partial charge is 0.457 e. The van der Waals surface area contributed by atoms with Gasteiger partial charge in [-0.15, -0.1) is 4.99 Å². The number of urea groups is 1. The van der Waals surface area contributed by atoms with E-state index in [9.17, 15) is 9.59 Å². The summed E-state index contributed by atoms with van der Waals surface area (Å²) in [7, 11) is 0. The van der Waals surface area contributed by atoms with Gasteiger partial charge in [-0.1, -0.05) is 30.3 Å². The summed E-state index contributed by atoms with van der Waals surface area (Å²) in [4.78, 5) is 32.8. The van der Waals surface area contributed by atoms with E-state index in [1.54, 1.807) is 52.3 Å². The van der Waals surface area contributed by atoms with Crippen molar-refractivity contribution in [1.82, 2.24) is 9.80 Å². The van der Waals surface area contributed by atoms with Crippen LogP contribution in [0.15, 0.2) is 95.8 Å². The number of nitriles is 1. The van der Waals surface area contributed by atoms with Gasteiger partial charge in [0, 0.05) is 25.3 Å². The van der Waals surface area contributed by atoms with E-state index in [1.165, 1.54) is 6.26 Å². The number of nitrogens with zero attached hydrogens (tertiary/aromatic N) is 4. The highest BCUT2D eigenvalue weighted by Gasteiger charge is 2.33. The van der Waals surface area contributed by atoms with Gasteiger partial charge in [-0.05, 0) is 54.1 Å². The van der Waals surface area contributed by atoms with Crippen LogP contribution in [0.3, 0.4) is 0 Å². The van der Waals surface area contributed by atoms with Crippen LogP contribution in [0.4, 0.5) is 10.5 Å². The van der Waals surface area contributed by atoms with E-state index in [-0.39, 0.29) is 17.6 Å². The number of amidine groups is 1. The van der Waals surface area contributed by atoms with E-state index in [1.807, 2.05) is 36.4 Å². The second kappa shape index (κ2) is 10.0. The standard InChI is InChI=1S/C27H21N5O4/c28-16-19-5-4-6-20(15-19)17-31-13-14-32-24(18-35-27(32)30-26(31)34)25(33)29-21-9-11-23(12-10-21)36-22-7-2-1-3-8-22/h1-12,15,18H,13-14,17H2,(H,29,33). The van der Waals surface area contributed by atoms with E-state index in [0.29, 0.717) is 36.6 Å². The summed E-state index contributed by atoms with van der Waals surface area (Å²) in [6, 6.07) is 25.2. The second-order valence-corrected chi connectivity index (χ2v) is 8.08. The molecular weight excluding hydrogens is 458 g/mol. The highest BCUT2D eigenvalue weighted by atomic mass is 16.5. The molecule has 9 heteroatoms. The van der Waals surface area contributed by atoms with Crippen LogP contribution in [0.25, 0.3) is 0 Å². The monoisotopic (exact) mass is 479 g/mol. The number of carbonyl (C=O) groups is 2. The minimum absolute atomic E-state index is 0.0602. The number of amides is 3. The average molecular weight is 479 g/mol. The van der Waals surface area contributed by atoms with Crippen molar-refractivity contribution in [1.29, 1.82) is 5.26 Å². The molecule has 5 rings (SSSR count). The van der Waals surface area contributed by atoms with Crippen molar-refractivity contribution in [3.63, 3.8) is 0 Å². The quantitative estimate of drug-likeness (QED) is 0.560. The number of aliphatic imine (C=N–C) groups is 1. The number of rotatable bonds is 6. The molecule has 0 fully saturated rings. The molecule has 0 aliphatic carbocycles. The summed E-state index contributed by atoms with van der Waals surface area (Å²) in [5.41, 5.74) is 2.17. The summed E-state index contributed by atoms with van der Waals surface area (Å²) in [6.07, 6.45) is 1.29. The van der Waals surface area contributed by atoms with Crippen molar-refractivity contribution in [2.45, 2.75) is 6.54 Å². The summed E-state index contributed by atoms with van der Waals surface area (Å²) in [5.74, 6) is 0.972. The van der Waals surface area contributed by atoms with Crippen LogP contribution in [0.1, 0.15) is 11.1 Å². The number of nitrogens with one attached hydrogen (secondary N) is 1. The minimum Gasteiger partial charge on any atom is -0.457 e. The maximum Gasteiger partial charge on any atom is 0.348 e. The van der Waals surface area contributed by atoms with Gasteiger partial charge in [0.1, 0.15) is 23.5 Å². The zero-order chi connectivity index (χ0) is 24.9. The summed E-state index contributed by atoms with van der Waals surface area (Å²) < 4.78 is 11.2. The van der Waals surface area contributed by atoms with Gasteiger partial charge in [-0.2, -0.15) is 5.26 Å². The van der Waals surface area contributed by atoms with Gasteiger partial charge in [0.15, 0.2) is 0 Å². The molecule has 0 radical (unpaired) electrons. The zero-order valence-corrected chi connectivity index (χ0v) is 19.1. The van der Waals surface area contributed by atoms with Crippen molar-refractivity contribution in [2.75, 3.05) is 18.4 Å². The van der Waals surface area contributed by atoms with E-state index < -0.39 is 6.03 Å². The van der Waals surface area contributed by atoms with Crippen LogP contribution in [0, 0.1) is 11.3 Å². The number of carbonyl (C=O) groups excluding carboxylic acids is 2. The number of hydrogen-bond donors (Lipinski definition) is 1. The lowest BCUT2D eigenvalue weighted by atomic mass is 10.1. The van der Waals surface area contributed by atoms with Gasteiger partial charge in [-0.3, -0.25) is 9.69 Å². The Morgan fingerprint density at radius 2 is 1.81 bits per heavy atom. The van der Waals surface area contributed by atoms with E-state index in [4.69, 9.17) is 14.7 Å². The SMILES string of the molecule is N#Cc1cccc(CN2CCN3C(C(=O)Nc4ccc(Oc5ccccc5)cc4)=COC3=NC2=O)c1. The molecule has 2 aliphatic rings. The Hall–Kier alpha value is -5.10. The number of ether oxygens (including phenoxy) is 2. The predicted molar refractivity (Wildman–Crippen MR) is 132 cm³/mol. The maximum absolute atomic E-state index is 13.0. The summed E-state index contributed by atoms with van der Waals surface area (Å²) >= 11 is 0. The molecule has 0 atom stereocenters. The van der Waals surface area contributed by atoms with Crippen LogP contribution in [0.5, 0.6) is 11.5 Å². The lowest BCUT2D eigenvalue weighted by Gasteiger charge is -2.21. The molecule has 1 N–H and O–H groups in total. The van der Waals surface area contributed by atoms with Crippen molar-refractivity contribution < 1.29 is 19.1 Å². The molecular formula is C27H21N5O4. The molecule has 178 valence electrons. The van der Waals surface area contributed by atoms with Crippen molar-refractivity contribution >= 4 is 23.6 Å². The van der Waals surface area contributed by atoms with Crippen LogP contribution >= 0.6 is 0 Å². The van der Waals surface area contributed by atoms with Crippen molar-refractivity contribution in [3.8, 4) is 17.6 Å². The minimum atomic E-state index is -0.473. The topological polar surface area (TPSA) is 107 Å². The third-order valence-corrected chi connectivity index (χ3v) is 5.61. The molecule has 36 heavy (non-hydrogen) atoms. The fraction of sp³-hybridized carbons (Fsp3) is 0.111. The highest BCUT2D eigenvalue weighted by molar-refractivity contribution is 6.08. The summed E-state index contributed by atoms with van der Waals surface area (Å²) in [5, 5.41) is 11.9. The van der Waals surface area contributed by atoms with Gasteiger partial charge in [-0.25, -0.2) is 4.79 Å². The molecule has 2 aliphatic heterocycles. The predicted octanol–water partition coefficient (Wildman–Crippen LogP) is 4.45. The van der Waals surface area contributed by atoms with Crippen LogP contribution in [-0.2, 0) is 16.1 Å². The summed E-state index contributed by atoms with van der Waals surface area (Å²) in [6.45, 7) is 0.940. The number of anilines is 1. The molecule has 2 heterocycles. The molecule has 0 saturated carbocycles. The third kappa shape index (κ3) is 5.03. The van der Waals surface area contributed by atoms with E-state index in [0.717, 1.165) is 11.3 Å². The Bertz CT molecular complexity index is 1390. The smallest absolute Gasteiger partial charge is 0.348 e. The van der Waals surface area contributed by atoms with Gasteiger partial charge in [0.25, 0.3) is 5.91 Å². The lowest BCUT2D eigenvalue weighted by molar-refractivity contribution is -0.113. The van der Waals surface area contributed by atoms with Gasteiger partial charge in [0.05, 0.1) is 11.6 Å². The first-order valence-corrected chi connectivity index (χ1v) is 11.2. The lowest BCUT2D eigenvalue weighted by Crippen LogP contribution is -2.36. The molecule has 0 bridgehead atoms. The van der Waals surface area contributed by atoms with Gasteiger partial charge >= 0.3 is 12.1 Å². The first-order valence-electron chi connectivity index (χ1n) is 11.2. The fourth-order valence-corrected chi connectivity index (χ4v) is 3.82. The Labute approximate surface area is 207 Å². The van der Waals surface area contributed by atoms with Crippen molar-refractivity contribution in [3.05, 3.63) is 102 Å². The maximum atomic E-state index is 13.0. The number of para-hydroxylation sites is 1. The zero-order valence-electron chi connectivity index (χ0n) is 19.1. The third-order valence-electron chi connectivity index (χ3n) is 5.61. The normalized spacial score (nSPS) is 14.6. The van der Waals surface area contributed by atoms with Crippen LogP contribution < -0.4 is 10.1 Å². The van der Waals surface area contributed by atoms with Gasteiger partial charge in [0.2, 0.25) is 0 Å². The van der Waals surface area contributed by atoms with E-state index >= 15 is 0 Å². The number of hydrogen-bond acceptors (Lipinski definition) is 6. The Balaban J connectivity index is 1.22.